The number of halogens is 3. The molecule has 0 aliphatic rings. The van der Waals surface area contributed by atoms with Gasteiger partial charge < -0.3 is 0 Å². The summed E-state index contributed by atoms with van der Waals surface area (Å²) in [5, 5.41) is 0. The Hall–Kier alpha value is -1.13. The molecule has 1 heterocycles. The summed E-state index contributed by atoms with van der Waals surface area (Å²) in [6.07, 6.45) is -0.979. The summed E-state index contributed by atoms with van der Waals surface area (Å²) in [5.41, 5.74) is 0.758. The molecule has 0 aliphatic carbocycles. The van der Waals surface area contributed by atoms with Crippen molar-refractivity contribution in [3.8, 4) is 0 Å². The first-order chi connectivity index (χ1) is 7.68. The minimum Gasteiger partial charge on any atom is -0.233 e. The van der Waals surface area contributed by atoms with E-state index in [1.165, 1.54) is 12.4 Å². The van der Waals surface area contributed by atoms with Gasteiger partial charge in [-0.3, -0.25) is 0 Å². The molecule has 0 fully saturated rings. The maximum Gasteiger partial charge on any atom is 0.451 e. The maximum absolute atomic E-state index is 12.3. The molecule has 0 bridgehead atoms. The van der Waals surface area contributed by atoms with Gasteiger partial charge in [0.25, 0.3) is 0 Å². The minimum atomic E-state index is -4.47. The smallest absolute Gasteiger partial charge is 0.233 e. The molecule has 0 N–H and O–H groups in total. The van der Waals surface area contributed by atoms with Gasteiger partial charge in [0.2, 0.25) is 5.82 Å². The lowest BCUT2D eigenvalue weighted by Crippen LogP contribution is -2.20. The second-order valence-electron chi connectivity index (χ2n) is 4.90. The molecule has 1 rings (SSSR count). The molecule has 0 unspecified atom stereocenters. The summed E-state index contributed by atoms with van der Waals surface area (Å²) >= 11 is 0. The molecule has 2 nitrogen and oxygen atoms in total. The first-order valence-electron chi connectivity index (χ1n) is 5.57. The van der Waals surface area contributed by atoms with Gasteiger partial charge in [-0.25, -0.2) is 9.97 Å². The summed E-state index contributed by atoms with van der Waals surface area (Å²) < 4.78 is 36.9. The lowest BCUT2D eigenvalue weighted by Gasteiger charge is -2.30. The zero-order valence-corrected chi connectivity index (χ0v) is 10.5. The van der Waals surface area contributed by atoms with Crippen molar-refractivity contribution in [1.29, 1.82) is 0 Å². The van der Waals surface area contributed by atoms with Crippen LogP contribution in [0.25, 0.3) is 0 Å². The Kier molecular flexibility index (Phi) is 3.79. The number of hydrogen-bond donors (Lipinski definition) is 0. The van der Waals surface area contributed by atoms with E-state index in [0.717, 1.165) is 12.0 Å². The fourth-order valence-corrected chi connectivity index (χ4v) is 1.47. The Morgan fingerprint density at radius 2 is 1.65 bits per heavy atom. The third-order valence-corrected chi connectivity index (χ3v) is 3.51. The van der Waals surface area contributed by atoms with Crippen LogP contribution in [0.3, 0.4) is 0 Å². The molecule has 1 atom stereocenters. The second-order valence-corrected chi connectivity index (χ2v) is 4.90. The summed E-state index contributed by atoms with van der Waals surface area (Å²) in [4.78, 5) is 6.77. The Balaban J connectivity index is 2.96. The van der Waals surface area contributed by atoms with Crippen molar-refractivity contribution in [2.45, 2.75) is 46.2 Å². The highest BCUT2D eigenvalue weighted by atomic mass is 19.4. The highest BCUT2D eigenvalue weighted by Crippen LogP contribution is 2.37. The van der Waals surface area contributed by atoms with Crippen LogP contribution in [0.5, 0.6) is 0 Å². The van der Waals surface area contributed by atoms with Gasteiger partial charge in [-0.05, 0) is 16.9 Å². The van der Waals surface area contributed by atoms with Crippen LogP contribution >= 0.6 is 0 Å². The molecular formula is C12H17F3N2. The number of alkyl halides is 3. The van der Waals surface area contributed by atoms with Crippen molar-refractivity contribution in [3.63, 3.8) is 0 Å². The Labute approximate surface area is 99.3 Å². The van der Waals surface area contributed by atoms with E-state index in [0.29, 0.717) is 0 Å². The van der Waals surface area contributed by atoms with Crippen LogP contribution < -0.4 is 0 Å². The summed E-state index contributed by atoms with van der Waals surface area (Å²) in [6.45, 7) is 8.20. The molecule has 0 radical (unpaired) electrons. The van der Waals surface area contributed by atoms with Crippen LogP contribution in [0.1, 0.15) is 51.4 Å². The molecule has 0 spiro atoms. The highest BCUT2D eigenvalue weighted by molar-refractivity contribution is 5.14. The third kappa shape index (κ3) is 3.17. The summed E-state index contributed by atoms with van der Waals surface area (Å²) in [7, 11) is 0. The Morgan fingerprint density at radius 1 is 1.18 bits per heavy atom. The van der Waals surface area contributed by atoms with E-state index in [2.05, 4.69) is 30.7 Å². The van der Waals surface area contributed by atoms with Gasteiger partial charge >= 0.3 is 6.18 Å². The average molecular weight is 246 g/mol. The average Bonchev–Trinajstić information content (AvgIpc) is 2.27. The number of rotatable bonds is 3. The first kappa shape index (κ1) is 13.9. The van der Waals surface area contributed by atoms with Gasteiger partial charge in [0, 0.05) is 12.4 Å². The zero-order valence-electron chi connectivity index (χ0n) is 10.5. The van der Waals surface area contributed by atoms with Crippen molar-refractivity contribution >= 4 is 0 Å². The van der Waals surface area contributed by atoms with Crippen LogP contribution in [0, 0.1) is 5.41 Å². The molecule has 0 saturated carbocycles. The quantitative estimate of drug-likeness (QED) is 0.804. The molecule has 17 heavy (non-hydrogen) atoms. The molecule has 0 aliphatic heterocycles. The van der Waals surface area contributed by atoms with Crippen LogP contribution in [0.15, 0.2) is 12.4 Å². The topological polar surface area (TPSA) is 25.8 Å². The van der Waals surface area contributed by atoms with E-state index >= 15 is 0 Å². The number of nitrogens with zero attached hydrogens (tertiary/aromatic N) is 2. The van der Waals surface area contributed by atoms with Crippen molar-refractivity contribution in [3.05, 3.63) is 23.8 Å². The molecule has 0 saturated heterocycles. The third-order valence-electron chi connectivity index (χ3n) is 3.51. The van der Waals surface area contributed by atoms with Crippen LogP contribution in [0.2, 0.25) is 0 Å². The first-order valence-corrected chi connectivity index (χ1v) is 5.57. The molecule has 1 aromatic rings. The SMILES string of the molecule is CCC(C)(C)[C@H](C)c1cnc(C(F)(F)F)nc1. The van der Waals surface area contributed by atoms with Crippen molar-refractivity contribution in [2.75, 3.05) is 0 Å². The summed E-state index contributed by atoms with van der Waals surface area (Å²) in [5.74, 6) is -0.961. The minimum absolute atomic E-state index is 0.0170. The van der Waals surface area contributed by atoms with Crippen molar-refractivity contribution < 1.29 is 13.2 Å². The standard InChI is InChI=1S/C12H17F3N2/c1-5-11(3,4)8(2)9-6-16-10(17-7-9)12(13,14)15/h6-8H,5H2,1-4H3/t8-/m1/s1. The van der Waals surface area contributed by atoms with E-state index in [9.17, 15) is 13.2 Å². The normalized spacial score (nSPS) is 14.8. The largest absolute Gasteiger partial charge is 0.451 e. The molecule has 0 aromatic carbocycles. The Bertz CT molecular complexity index is 368. The monoisotopic (exact) mass is 246 g/mol. The van der Waals surface area contributed by atoms with E-state index in [1.807, 2.05) is 6.92 Å². The fourth-order valence-electron chi connectivity index (χ4n) is 1.47. The van der Waals surface area contributed by atoms with E-state index in [1.54, 1.807) is 0 Å². The van der Waals surface area contributed by atoms with Crippen molar-refractivity contribution in [1.82, 2.24) is 9.97 Å². The maximum atomic E-state index is 12.3. The number of aromatic nitrogens is 2. The van der Waals surface area contributed by atoms with Gasteiger partial charge in [0.15, 0.2) is 0 Å². The van der Waals surface area contributed by atoms with E-state index < -0.39 is 12.0 Å². The van der Waals surface area contributed by atoms with Gasteiger partial charge in [0.05, 0.1) is 0 Å². The van der Waals surface area contributed by atoms with Crippen LogP contribution in [-0.4, -0.2) is 9.97 Å². The van der Waals surface area contributed by atoms with Gasteiger partial charge in [-0.15, -0.1) is 0 Å². The lowest BCUT2D eigenvalue weighted by molar-refractivity contribution is -0.145. The van der Waals surface area contributed by atoms with Gasteiger partial charge in [-0.2, -0.15) is 13.2 Å². The number of hydrogen-bond acceptors (Lipinski definition) is 2. The molecule has 0 amide bonds. The second kappa shape index (κ2) is 4.63. The Morgan fingerprint density at radius 3 is 2.00 bits per heavy atom. The van der Waals surface area contributed by atoms with E-state index in [4.69, 9.17) is 0 Å². The highest BCUT2D eigenvalue weighted by Gasteiger charge is 2.35. The predicted molar refractivity (Wildman–Crippen MR) is 59.5 cm³/mol. The van der Waals surface area contributed by atoms with Crippen molar-refractivity contribution in [2.24, 2.45) is 5.41 Å². The van der Waals surface area contributed by atoms with Crippen LogP contribution in [-0.2, 0) is 6.18 Å². The fraction of sp³-hybridized carbons (Fsp3) is 0.667. The molecule has 5 heteroatoms. The molecular weight excluding hydrogens is 229 g/mol. The van der Waals surface area contributed by atoms with E-state index in [-0.39, 0.29) is 11.3 Å². The molecule has 96 valence electrons. The molecule has 1 aromatic heterocycles. The van der Waals surface area contributed by atoms with Gasteiger partial charge in [-0.1, -0.05) is 34.1 Å². The lowest BCUT2D eigenvalue weighted by atomic mass is 9.75. The van der Waals surface area contributed by atoms with Crippen LogP contribution in [0.4, 0.5) is 13.2 Å². The predicted octanol–water partition coefficient (Wildman–Crippen LogP) is 4.04. The summed E-state index contributed by atoms with van der Waals surface area (Å²) in [6, 6.07) is 0. The zero-order chi connectivity index (χ0) is 13.3. The van der Waals surface area contributed by atoms with Gasteiger partial charge in [0.1, 0.15) is 0 Å².